The minimum atomic E-state index is 0.142. The van der Waals surface area contributed by atoms with Crippen LogP contribution in [0.25, 0.3) is 0 Å². The summed E-state index contributed by atoms with van der Waals surface area (Å²) in [6, 6.07) is 16.2. The number of rotatable bonds is 4. The molecule has 1 amide bonds. The van der Waals surface area contributed by atoms with Gasteiger partial charge in [0, 0.05) is 24.6 Å². The molecule has 1 aliphatic heterocycles. The first-order chi connectivity index (χ1) is 11.2. The Morgan fingerprint density at radius 1 is 1.13 bits per heavy atom. The third kappa shape index (κ3) is 3.39. The predicted molar refractivity (Wildman–Crippen MR) is 92.1 cm³/mol. The van der Waals surface area contributed by atoms with Crippen LogP contribution in [-0.2, 0) is 6.42 Å². The van der Waals surface area contributed by atoms with Gasteiger partial charge in [-0.25, -0.2) is 0 Å². The number of hydrogen-bond donors (Lipinski definition) is 0. The highest BCUT2D eigenvalue weighted by Crippen LogP contribution is 2.29. The highest BCUT2D eigenvalue weighted by molar-refractivity contribution is 5.94. The molecular weight excluding hydrogens is 286 g/mol. The minimum Gasteiger partial charge on any atom is -0.497 e. The van der Waals surface area contributed by atoms with E-state index in [4.69, 9.17) is 4.74 Å². The number of amides is 1. The van der Waals surface area contributed by atoms with Gasteiger partial charge in [-0.2, -0.15) is 0 Å². The molecule has 2 aromatic rings. The van der Waals surface area contributed by atoms with Crippen LogP contribution in [0.2, 0.25) is 0 Å². The third-order valence-corrected chi connectivity index (χ3v) is 4.67. The molecule has 1 unspecified atom stereocenters. The van der Waals surface area contributed by atoms with E-state index in [0.29, 0.717) is 5.92 Å². The van der Waals surface area contributed by atoms with Crippen molar-refractivity contribution in [3.8, 4) is 5.75 Å². The van der Waals surface area contributed by atoms with Gasteiger partial charge in [-0.05, 0) is 48.2 Å². The van der Waals surface area contributed by atoms with Crippen molar-refractivity contribution in [1.29, 1.82) is 0 Å². The zero-order valence-electron chi connectivity index (χ0n) is 13.8. The van der Waals surface area contributed by atoms with Crippen molar-refractivity contribution in [2.75, 3.05) is 20.2 Å². The summed E-state index contributed by atoms with van der Waals surface area (Å²) in [4.78, 5) is 14.6. The Morgan fingerprint density at radius 3 is 2.43 bits per heavy atom. The molecule has 1 atom stereocenters. The van der Waals surface area contributed by atoms with E-state index in [1.54, 1.807) is 7.11 Å². The van der Waals surface area contributed by atoms with Crippen LogP contribution in [-0.4, -0.2) is 31.0 Å². The Bertz CT molecular complexity index is 661. The Hall–Kier alpha value is -2.29. The molecule has 0 spiro atoms. The second-order valence-electron chi connectivity index (χ2n) is 6.06. The zero-order valence-corrected chi connectivity index (χ0v) is 13.8. The summed E-state index contributed by atoms with van der Waals surface area (Å²) in [6.45, 7) is 3.74. The van der Waals surface area contributed by atoms with Crippen molar-refractivity contribution in [2.24, 2.45) is 0 Å². The van der Waals surface area contributed by atoms with Crippen LogP contribution in [0.1, 0.15) is 40.7 Å². The summed E-state index contributed by atoms with van der Waals surface area (Å²) in [6.07, 6.45) is 2.02. The maximum atomic E-state index is 12.6. The van der Waals surface area contributed by atoms with Gasteiger partial charge in [0.1, 0.15) is 5.75 Å². The molecule has 3 rings (SSSR count). The second kappa shape index (κ2) is 6.86. The summed E-state index contributed by atoms with van der Waals surface area (Å²) >= 11 is 0. The SMILES string of the molecule is CCc1ccc(C(=O)N2CCC(c3ccc(OC)cc3)C2)cc1. The van der Waals surface area contributed by atoms with Crippen LogP contribution >= 0.6 is 0 Å². The number of carbonyl (C=O) groups excluding carboxylic acids is 1. The van der Waals surface area contributed by atoms with Crippen molar-refractivity contribution >= 4 is 5.91 Å². The lowest BCUT2D eigenvalue weighted by molar-refractivity contribution is 0.0791. The van der Waals surface area contributed by atoms with E-state index < -0.39 is 0 Å². The van der Waals surface area contributed by atoms with E-state index in [-0.39, 0.29) is 5.91 Å². The van der Waals surface area contributed by atoms with Crippen molar-refractivity contribution in [1.82, 2.24) is 4.90 Å². The summed E-state index contributed by atoms with van der Waals surface area (Å²) < 4.78 is 5.20. The summed E-state index contributed by atoms with van der Waals surface area (Å²) in [5.74, 6) is 1.43. The van der Waals surface area contributed by atoms with Gasteiger partial charge in [0.05, 0.1) is 7.11 Å². The summed E-state index contributed by atoms with van der Waals surface area (Å²) in [5, 5.41) is 0. The lowest BCUT2D eigenvalue weighted by Gasteiger charge is -2.17. The molecule has 2 aromatic carbocycles. The third-order valence-electron chi connectivity index (χ3n) is 4.67. The largest absolute Gasteiger partial charge is 0.497 e. The van der Waals surface area contributed by atoms with Gasteiger partial charge in [-0.3, -0.25) is 4.79 Å². The number of ether oxygens (including phenoxy) is 1. The van der Waals surface area contributed by atoms with Gasteiger partial charge in [0.15, 0.2) is 0 Å². The van der Waals surface area contributed by atoms with Gasteiger partial charge in [-0.1, -0.05) is 31.2 Å². The molecule has 0 aromatic heterocycles. The van der Waals surface area contributed by atoms with Crippen molar-refractivity contribution in [3.05, 3.63) is 65.2 Å². The van der Waals surface area contributed by atoms with Gasteiger partial charge in [0.25, 0.3) is 5.91 Å². The highest BCUT2D eigenvalue weighted by atomic mass is 16.5. The number of aryl methyl sites for hydroxylation is 1. The Labute approximate surface area is 137 Å². The van der Waals surface area contributed by atoms with E-state index in [0.717, 1.165) is 37.2 Å². The number of likely N-dealkylation sites (tertiary alicyclic amines) is 1. The molecule has 3 heteroatoms. The number of methoxy groups -OCH3 is 1. The highest BCUT2D eigenvalue weighted by Gasteiger charge is 2.27. The van der Waals surface area contributed by atoms with E-state index >= 15 is 0 Å². The molecule has 0 saturated carbocycles. The Morgan fingerprint density at radius 2 is 1.83 bits per heavy atom. The number of nitrogens with zero attached hydrogens (tertiary/aromatic N) is 1. The fraction of sp³-hybridized carbons (Fsp3) is 0.350. The van der Waals surface area contributed by atoms with Crippen molar-refractivity contribution in [2.45, 2.75) is 25.7 Å². The average Bonchev–Trinajstić information content (AvgIpc) is 3.11. The van der Waals surface area contributed by atoms with Crippen LogP contribution in [0.15, 0.2) is 48.5 Å². The average molecular weight is 309 g/mol. The quantitative estimate of drug-likeness (QED) is 0.857. The smallest absolute Gasteiger partial charge is 0.253 e. The topological polar surface area (TPSA) is 29.5 Å². The molecule has 23 heavy (non-hydrogen) atoms. The molecule has 120 valence electrons. The van der Waals surface area contributed by atoms with Gasteiger partial charge >= 0.3 is 0 Å². The van der Waals surface area contributed by atoms with Crippen LogP contribution in [0, 0.1) is 0 Å². The first kappa shape index (κ1) is 15.6. The lowest BCUT2D eigenvalue weighted by atomic mass is 9.98. The zero-order chi connectivity index (χ0) is 16.2. The van der Waals surface area contributed by atoms with Crippen LogP contribution in [0.4, 0.5) is 0 Å². The molecule has 0 bridgehead atoms. The summed E-state index contributed by atoms with van der Waals surface area (Å²) in [5.41, 5.74) is 3.33. The van der Waals surface area contributed by atoms with Crippen molar-refractivity contribution < 1.29 is 9.53 Å². The summed E-state index contributed by atoms with van der Waals surface area (Å²) in [7, 11) is 1.68. The maximum absolute atomic E-state index is 12.6. The van der Waals surface area contributed by atoms with Gasteiger partial charge in [-0.15, -0.1) is 0 Å². The fourth-order valence-corrected chi connectivity index (χ4v) is 3.16. The van der Waals surface area contributed by atoms with Gasteiger partial charge in [0.2, 0.25) is 0 Å². The fourth-order valence-electron chi connectivity index (χ4n) is 3.16. The Kier molecular flexibility index (Phi) is 4.65. The van der Waals surface area contributed by atoms with E-state index in [1.165, 1.54) is 11.1 Å². The van der Waals surface area contributed by atoms with E-state index in [1.807, 2.05) is 41.3 Å². The molecular formula is C20H23NO2. The molecule has 0 radical (unpaired) electrons. The first-order valence-corrected chi connectivity index (χ1v) is 8.23. The van der Waals surface area contributed by atoms with Crippen LogP contribution in [0.3, 0.4) is 0 Å². The van der Waals surface area contributed by atoms with E-state index in [9.17, 15) is 4.79 Å². The first-order valence-electron chi connectivity index (χ1n) is 8.23. The molecule has 1 aliphatic rings. The van der Waals surface area contributed by atoms with Crippen LogP contribution in [0.5, 0.6) is 5.75 Å². The molecule has 0 N–H and O–H groups in total. The number of carbonyl (C=O) groups is 1. The molecule has 1 fully saturated rings. The van der Waals surface area contributed by atoms with Crippen molar-refractivity contribution in [3.63, 3.8) is 0 Å². The maximum Gasteiger partial charge on any atom is 0.253 e. The van der Waals surface area contributed by atoms with Crippen LogP contribution < -0.4 is 4.74 Å². The number of benzene rings is 2. The van der Waals surface area contributed by atoms with Gasteiger partial charge < -0.3 is 9.64 Å². The number of hydrogen-bond acceptors (Lipinski definition) is 2. The second-order valence-corrected chi connectivity index (χ2v) is 6.06. The molecule has 1 saturated heterocycles. The van der Waals surface area contributed by atoms with E-state index in [2.05, 4.69) is 19.1 Å². The Balaban J connectivity index is 1.67. The minimum absolute atomic E-state index is 0.142. The molecule has 1 heterocycles. The molecule has 0 aliphatic carbocycles. The standard InChI is InChI=1S/C20H23NO2/c1-3-15-4-6-17(7-5-15)20(22)21-13-12-18(14-21)16-8-10-19(23-2)11-9-16/h4-11,18H,3,12-14H2,1-2H3. The normalized spacial score (nSPS) is 17.3. The lowest BCUT2D eigenvalue weighted by Crippen LogP contribution is -2.28. The monoisotopic (exact) mass is 309 g/mol. The molecule has 3 nitrogen and oxygen atoms in total. The predicted octanol–water partition coefficient (Wildman–Crippen LogP) is 3.89.